The molecule has 1 heterocycles. The number of benzene rings is 3. The Balaban J connectivity index is 1.47. The van der Waals surface area contributed by atoms with E-state index in [1.807, 2.05) is 36.4 Å². The van der Waals surface area contributed by atoms with E-state index in [4.69, 9.17) is 11.0 Å². The van der Waals surface area contributed by atoms with Gasteiger partial charge in [0.25, 0.3) is 0 Å². The van der Waals surface area contributed by atoms with E-state index in [1.54, 1.807) is 42.5 Å². The van der Waals surface area contributed by atoms with Crippen LogP contribution in [-0.4, -0.2) is 35.3 Å². The maximum Gasteiger partial charge on any atom is 0.248 e. The lowest BCUT2D eigenvalue weighted by molar-refractivity contribution is -0.120. The summed E-state index contributed by atoms with van der Waals surface area (Å²) in [7, 11) is 0. The van der Waals surface area contributed by atoms with Crippen LogP contribution in [0.4, 0.5) is 17.1 Å². The van der Waals surface area contributed by atoms with Crippen molar-refractivity contribution < 1.29 is 9.59 Å². The molecule has 1 aliphatic rings. The number of nitriles is 1. The molecular weight excluding hydrogens is 474 g/mol. The molecule has 0 saturated carbocycles. The average molecular weight is 508 g/mol. The lowest BCUT2D eigenvalue weighted by Crippen LogP contribution is -2.40. The SMILES string of the molecule is CC(C)(C)N1CC(C(=O)Nc2ccc(C#N)cc2)C(c2ccc(/C=C/C(=O)Nc3ccccc3N)cc2)C1. The van der Waals surface area contributed by atoms with Crippen molar-refractivity contribution in [1.29, 1.82) is 5.26 Å². The summed E-state index contributed by atoms with van der Waals surface area (Å²) in [5.74, 6) is -0.501. The highest BCUT2D eigenvalue weighted by Crippen LogP contribution is 2.37. The average Bonchev–Trinajstić information content (AvgIpc) is 3.36. The van der Waals surface area contributed by atoms with Crippen LogP contribution in [0.3, 0.4) is 0 Å². The molecule has 1 fully saturated rings. The molecule has 194 valence electrons. The summed E-state index contributed by atoms with van der Waals surface area (Å²) in [5.41, 5.74) is 10.1. The third-order valence-corrected chi connectivity index (χ3v) is 6.90. The Morgan fingerprint density at radius 2 is 1.66 bits per heavy atom. The molecule has 7 nitrogen and oxygen atoms in total. The molecule has 3 aromatic rings. The van der Waals surface area contributed by atoms with Crippen LogP contribution < -0.4 is 16.4 Å². The van der Waals surface area contributed by atoms with Crippen molar-refractivity contribution in [1.82, 2.24) is 4.90 Å². The number of nitrogen functional groups attached to an aromatic ring is 1. The molecule has 0 spiro atoms. The molecule has 0 aliphatic carbocycles. The van der Waals surface area contributed by atoms with Gasteiger partial charge in [0, 0.05) is 36.3 Å². The van der Waals surface area contributed by atoms with E-state index in [0.29, 0.717) is 29.2 Å². The number of carbonyl (C=O) groups excluding carboxylic acids is 2. The molecule has 0 radical (unpaired) electrons. The van der Waals surface area contributed by atoms with Crippen molar-refractivity contribution >= 4 is 35.0 Å². The lowest BCUT2D eigenvalue weighted by atomic mass is 9.88. The molecule has 4 N–H and O–H groups in total. The minimum Gasteiger partial charge on any atom is -0.397 e. The molecule has 2 amide bonds. The summed E-state index contributed by atoms with van der Waals surface area (Å²) in [6, 6.07) is 24.1. The van der Waals surface area contributed by atoms with Gasteiger partial charge in [-0.15, -0.1) is 0 Å². The molecule has 7 heteroatoms. The van der Waals surface area contributed by atoms with Gasteiger partial charge in [0.15, 0.2) is 0 Å². The van der Waals surface area contributed by atoms with Gasteiger partial charge in [0.2, 0.25) is 11.8 Å². The Morgan fingerprint density at radius 1 is 0.974 bits per heavy atom. The Labute approximate surface area is 224 Å². The fourth-order valence-electron chi connectivity index (χ4n) is 4.63. The third-order valence-electron chi connectivity index (χ3n) is 6.90. The number of para-hydroxylation sites is 2. The second-order valence-corrected chi connectivity index (χ2v) is 10.5. The zero-order valence-electron chi connectivity index (χ0n) is 21.9. The summed E-state index contributed by atoms with van der Waals surface area (Å²) in [6.45, 7) is 7.90. The summed E-state index contributed by atoms with van der Waals surface area (Å²) in [4.78, 5) is 28.0. The van der Waals surface area contributed by atoms with Crippen LogP contribution in [0, 0.1) is 17.2 Å². The smallest absolute Gasteiger partial charge is 0.248 e. The van der Waals surface area contributed by atoms with Gasteiger partial charge in [-0.1, -0.05) is 36.4 Å². The monoisotopic (exact) mass is 507 g/mol. The van der Waals surface area contributed by atoms with Crippen LogP contribution in [-0.2, 0) is 9.59 Å². The summed E-state index contributed by atoms with van der Waals surface area (Å²) in [5, 5.41) is 14.8. The first-order valence-electron chi connectivity index (χ1n) is 12.6. The number of hydrogen-bond acceptors (Lipinski definition) is 5. The quantitative estimate of drug-likeness (QED) is 0.312. The van der Waals surface area contributed by atoms with Gasteiger partial charge in [-0.2, -0.15) is 5.26 Å². The molecule has 4 rings (SSSR count). The van der Waals surface area contributed by atoms with Crippen LogP contribution in [0.2, 0.25) is 0 Å². The van der Waals surface area contributed by atoms with Gasteiger partial charge in [-0.3, -0.25) is 14.5 Å². The largest absolute Gasteiger partial charge is 0.397 e. The summed E-state index contributed by atoms with van der Waals surface area (Å²) < 4.78 is 0. The molecule has 0 bridgehead atoms. The Hall–Kier alpha value is -4.41. The van der Waals surface area contributed by atoms with Crippen LogP contribution >= 0.6 is 0 Å². The van der Waals surface area contributed by atoms with Crippen LogP contribution in [0.1, 0.15) is 43.4 Å². The molecule has 2 unspecified atom stereocenters. The van der Waals surface area contributed by atoms with Gasteiger partial charge in [0.05, 0.1) is 28.9 Å². The minimum absolute atomic E-state index is 0.0231. The first-order valence-corrected chi connectivity index (χ1v) is 12.6. The van der Waals surface area contributed by atoms with Crippen molar-refractivity contribution in [3.8, 4) is 6.07 Å². The number of likely N-dealkylation sites (tertiary alicyclic amines) is 1. The molecule has 1 aliphatic heterocycles. The van der Waals surface area contributed by atoms with Crippen molar-refractivity contribution in [3.05, 3.63) is 95.6 Å². The zero-order valence-corrected chi connectivity index (χ0v) is 21.9. The van der Waals surface area contributed by atoms with E-state index < -0.39 is 0 Å². The van der Waals surface area contributed by atoms with Crippen molar-refractivity contribution in [2.24, 2.45) is 5.92 Å². The number of nitrogens with one attached hydrogen (secondary N) is 2. The Kier molecular flexibility index (Phi) is 7.94. The summed E-state index contributed by atoms with van der Waals surface area (Å²) in [6.07, 6.45) is 3.23. The topological polar surface area (TPSA) is 111 Å². The second-order valence-electron chi connectivity index (χ2n) is 10.5. The van der Waals surface area contributed by atoms with Crippen LogP contribution in [0.5, 0.6) is 0 Å². The Morgan fingerprint density at radius 3 is 2.29 bits per heavy atom. The van der Waals surface area contributed by atoms with E-state index in [9.17, 15) is 9.59 Å². The predicted molar refractivity (Wildman–Crippen MR) is 152 cm³/mol. The summed E-state index contributed by atoms with van der Waals surface area (Å²) >= 11 is 0. The van der Waals surface area contributed by atoms with E-state index in [-0.39, 0.29) is 29.2 Å². The predicted octanol–water partition coefficient (Wildman–Crippen LogP) is 5.24. The molecular formula is C31H33N5O2. The molecule has 2 atom stereocenters. The Bertz CT molecular complexity index is 1370. The van der Waals surface area contributed by atoms with Crippen LogP contribution in [0.15, 0.2) is 78.9 Å². The number of nitrogens with zero attached hydrogens (tertiary/aromatic N) is 2. The molecule has 1 saturated heterocycles. The third kappa shape index (κ3) is 6.47. The highest BCUT2D eigenvalue weighted by atomic mass is 16.2. The minimum atomic E-state index is -0.261. The number of carbonyl (C=O) groups is 2. The van der Waals surface area contributed by atoms with Crippen molar-refractivity contribution in [2.75, 3.05) is 29.5 Å². The molecule has 3 aromatic carbocycles. The van der Waals surface area contributed by atoms with Gasteiger partial charge < -0.3 is 16.4 Å². The highest BCUT2D eigenvalue weighted by molar-refractivity contribution is 6.03. The maximum atomic E-state index is 13.4. The number of rotatable bonds is 6. The number of nitrogens with two attached hydrogens (primary N) is 1. The maximum absolute atomic E-state index is 13.4. The highest BCUT2D eigenvalue weighted by Gasteiger charge is 2.42. The second kappa shape index (κ2) is 11.3. The van der Waals surface area contributed by atoms with Crippen molar-refractivity contribution in [2.45, 2.75) is 32.2 Å². The fraction of sp³-hybridized carbons (Fsp3) is 0.258. The van der Waals surface area contributed by atoms with Crippen LogP contribution in [0.25, 0.3) is 6.08 Å². The lowest BCUT2D eigenvalue weighted by Gasteiger charge is -2.31. The van der Waals surface area contributed by atoms with Gasteiger partial charge >= 0.3 is 0 Å². The standard InChI is InChI=1S/C31H33N5O2/c1-31(2,3)36-19-25(26(20-36)30(38)34-24-15-10-22(18-32)11-16-24)23-13-8-21(9-14-23)12-17-29(37)35-28-7-5-4-6-27(28)33/h4-17,25-26H,19-20,33H2,1-3H3,(H,34,38)(H,35,37)/b17-12+. The van der Waals surface area contributed by atoms with Crippen molar-refractivity contribution in [3.63, 3.8) is 0 Å². The number of anilines is 3. The van der Waals surface area contributed by atoms with Gasteiger partial charge in [0.1, 0.15) is 0 Å². The van der Waals surface area contributed by atoms with Gasteiger partial charge in [-0.25, -0.2) is 0 Å². The zero-order chi connectivity index (χ0) is 27.3. The first kappa shape index (κ1) is 26.6. The van der Waals surface area contributed by atoms with Gasteiger partial charge in [-0.05, 0) is 74.4 Å². The van der Waals surface area contributed by atoms with E-state index in [2.05, 4.69) is 42.4 Å². The normalized spacial score (nSPS) is 17.7. The molecule has 0 aromatic heterocycles. The van der Waals surface area contributed by atoms with E-state index in [1.165, 1.54) is 6.08 Å². The number of hydrogen-bond donors (Lipinski definition) is 3. The molecule has 38 heavy (non-hydrogen) atoms. The fourth-order valence-corrected chi connectivity index (χ4v) is 4.63. The van der Waals surface area contributed by atoms with E-state index in [0.717, 1.165) is 17.7 Å². The van der Waals surface area contributed by atoms with E-state index >= 15 is 0 Å². The first-order chi connectivity index (χ1) is 18.1. The number of amides is 2.